The molecule has 26 heavy (non-hydrogen) atoms. The molecule has 4 aromatic rings. The smallest absolute Gasteiger partial charge is 0.119 e. The molecule has 0 fully saturated rings. The number of rotatable bonds is 3. The minimum atomic E-state index is 0.684. The van der Waals surface area contributed by atoms with Crippen molar-refractivity contribution in [1.82, 2.24) is 9.61 Å². The molecule has 0 spiro atoms. The summed E-state index contributed by atoms with van der Waals surface area (Å²) in [6.07, 6.45) is 0. The van der Waals surface area contributed by atoms with E-state index in [4.69, 9.17) is 21.4 Å². The molecule has 0 N–H and O–H groups in total. The van der Waals surface area contributed by atoms with Crippen molar-refractivity contribution in [2.45, 2.75) is 13.8 Å². The number of fused-ring (bicyclic) bond motifs is 1. The van der Waals surface area contributed by atoms with Crippen molar-refractivity contribution < 1.29 is 4.74 Å². The van der Waals surface area contributed by atoms with Gasteiger partial charge in [0.1, 0.15) is 5.75 Å². The Bertz CT molecular complexity index is 1100. The van der Waals surface area contributed by atoms with Crippen LogP contribution < -0.4 is 4.74 Å². The number of nitrogens with zero attached hydrogens (tertiary/aromatic N) is 2. The Kier molecular flexibility index (Phi) is 4.17. The maximum Gasteiger partial charge on any atom is 0.119 e. The summed E-state index contributed by atoms with van der Waals surface area (Å²) < 4.78 is 7.33. The highest BCUT2D eigenvalue weighted by molar-refractivity contribution is 6.31. The number of halogens is 1. The van der Waals surface area contributed by atoms with Gasteiger partial charge in [0.05, 0.1) is 24.0 Å². The number of benzene rings is 2. The summed E-state index contributed by atoms with van der Waals surface area (Å²) >= 11 is 6.47. The number of hydrogen-bond donors (Lipinski definition) is 0. The zero-order valence-electron chi connectivity index (χ0n) is 15.0. The lowest BCUT2D eigenvalue weighted by molar-refractivity contribution is 0.415. The molecule has 0 unspecified atom stereocenters. The van der Waals surface area contributed by atoms with Gasteiger partial charge in [-0.1, -0.05) is 53.6 Å². The normalized spacial score (nSPS) is 11.1. The monoisotopic (exact) mass is 362 g/mol. The number of pyridine rings is 1. The molecular weight excluding hydrogens is 344 g/mol. The molecule has 2 aromatic heterocycles. The van der Waals surface area contributed by atoms with Crippen LogP contribution in [0, 0.1) is 13.8 Å². The first-order valence-corrected chi connectivity index (χ1v) is 8.85. The third-order valence-corrected chi connectivity index (χ3v) is 4.80. The summed E-state index contributed by atoms with van der Waals surface area (Å²) in [5.74, 6) is 0.804. The summed E-state index contributed by atoms with van der Waals surface area (Å²) in [5, 5.41) is 5.49. The molecule has 2 aromatic carbocycles. The van der Waals surface area contributed by atoms with Gasteiger partial charge in [-0.2, -0.15) is 5.10 Å². The molecule has 0 aliphatic heterocycles. The highest BCUT2D eigenvalue weighted by Gasteiger charge is 2.16. The van der Waals surface area contributed by atoms with Crippen LogP contribution in [0.15, 0.2) is 60.7 Å². The Hall–Kier alpha value is -2.78. The fraction of sp³-hybridized carbons (Fsp3) is 0.136. The van der Waals surface area contributed by atoms with E-state index in [1.54, 1.807) is 7.11 Å². The van der Waals surface area contributed by atoms with Crippen LogP contribution in [-0.2, 0) is 0 Å². The van der Waals surface area contributed by atoms with Crippen LogP contribution in [0.3, 0.4) is 0 Å². The minimum absolute atomic E-state index is 0.684. The fourth-order valence-electron chi connectivity index (χ4n) is 3.29. The summed E-state index contributed by atoms with van der Waals surface area (Å²) in [6.45, 7) is 4.12. The van der Waals surface area contributed by atoms with Crippen LogP contribution in [0.4, 0.5) is 0 Å². The molecule has 0 saturated heterocycles. The van der Waals surface area contributed by atoms with Crippen molar-refractivity contribution in [3.63, 3.8) is 0 Å². The Morgan fingerprint density at radius 3 is 2.42 bits per heavy atom. The Morgan fingerprint density at radius 2 is 1.69 bits per heavy atom. The summed E-state index contributed by atoms with van der Waals surface area (Å²) in [6, 6.07) is 20.3. The molecular formula is C22H19ClN2O. The van der Waals surface area contributed by atoms with E-state index < -0.39 is 0 Å². The van der Waals surface area contributed by atoms with Gasteiger partial charge in [-0.05, 0) is 43.7 Å². The number of aromatic nitrogens is 2. The second-order valence-corrected chi connectivity index (χ2v) is 6.85. The summed E-state index contributed by atoms with van der Waals surface area (Å²) in [4.78, 5) is 0. The van der Waals surface area contributed by atoms with Crippen molar-refractivity contribution in [2.24, 2.45) is 0 Å². The van der Waals surface area contributed by atoms with Crippen LogP contribution in [0.5, 0.6) is 5.75 Å². The van der Waals surface area contributed by atoms with Crippen LogP contribution in [0.2, 0.25) is 5.02 Å². The van der Waals surface area contributed by atoms with E-state index in [1.807, 2.05) is 47.8 Å². The molecule has 3 nitrogen and oxygen atoms in total. The number of ether oxygens (including phenoxy) is 1. The van der Waals surface area contributed by atoms with Gasteiger partial charge in [0.25, 0.3) is 0 Å². The number of methoxy groups -OCH3 is 1. The van der Waals surface area contributed by atoms with E-state index in [0.29, 0.717) is 5.02 Å². The summed E-state index contributed by atoms with van der Waals surface area (Å²) in [7, 11) is 1.67. The lowest BCUT2D eigenvalue weighted by atomic mass is 10.0. The molecule has 0 radical (unpaired) electrons. The SMILES string of the molecule is COc1cccc(-c2cc(Cl)cc3c(-c4ccc(C)cc4)c(C)nn23)c1. The molecule has 0 aliphatic rings. The summed E-state index contributed by atoms with van der Waals surface area (Å²) in [5.41, 5.74) is 7.40. The van der Waals surface area contributed by atoms with Gasteiger partial charge >= 0.3 is 0 Å². The maximum absolute atomic E-state index is 6.47. The highest BCUT2D eigenvalue weighted by atomic mass is 35.5. The first kappa shape index (κ1) is 16.7. The molecule has 2 heterocycles. The molecule has 0 bridgehead atoms. The van der Waals surface area contributed by atoms with E-state index in [1.165, 1.54) is 5.56 Å². The van der Waals surface area contributed by atoms with E-state index >= 15 is 0 Å². The number of hydrogen-bond acceptors (Lipinski definition) is 2. The highest BCUT2D eigenvalue weighted by Crippen LogP contribution is 2.34. The Labute approximate surface area is 157 Å². The van der Waals surface area contributed by atoms with Gasteiger partial charge in [0, 0.05) is 16.1 Å². The molecule has 4 rings (SSSR count). The number of aryl methyl sites for hydroxylation is 2. The third-order valence-electron chi connectivity index (χ3n) is 4.58. The molecule has 130 valence electrons. The van der Waals surface area contributed by atoms with Crippen LogP contribution in [0.1, 0.15) is 11.3 Å². The van der Waals surface area contributed by atoms with Gasteiger partial charge in [-0.3, -0.25) is 0 Å². The van der Waals surface area contributed by atoms with Gasteiger partial charge < -0.3 is 4.74 Å². The molecule has 0 atom stereocenters. The van der Waals surface area contributed by atoms with Gasteiger partial charge in [0.2, 0.25) is 0 Å². The average molecular weight is 363 g/mol. The zero-order chi connectivity index (χ0) is 18.3. The van der Waals surface area contributed by atoms with E-state index in [9.17, 15) is 0 Å². The largest absolute Gasteiger partial charge is 0.497 e. The first-order valence-electron chi connectivity index (χ1n) is 8.47. The second kappa shape index (κ2) is 6.50. The average Bonchev–Trinajstić information content (AvgIpc) is 2.97. The lowest BCUT2D eigenvalue weighted by Gasteiger charge is -2.09. The van der Waals surface area contributed by atoms with Crippen molar-refractivity contribution >= 4 is 17.1 Å². The second-order valence-electron chi connectivity index (χ2n) is 6.41. The molecule has 4 heteroatoms. The first-order chi connectivity index (χ1) is 12.6. The quantitative estimate of drug-likeness (QED) is 0.450. The van der Waals surface area contributed by atoms with E-state index in [-0.39, 0.29) is 0 Å². The van der Waals surface area contributed by atoms with Crippen molar-refractivity contribution in [3.05, 3.63) is 76.9 Å². The van der Waals surface area contributed by atoms with Crippen molar-refractivity contribution in [1.29, 1.82) is 0 Å². The van der Waals surface area contributed by atoms with Crippen molar-refractivity contribution in [3.8, 4) is 28.1 Å². The van der Waals surface area contributed by atoms with Crippen molar-refractivity contribution in [2.75, 3.05) is 7.11 Å². The van der Waals surface area contributed by atoms with Crippen LogP contribution in [0.25, 0.3) is 27.9 Å². The molecule has 0 saturated carbocycles. The molecule has 0 aliphatic carbocycles. The van der Waals surface area contributed by atoms with E-state index in [0.717, 1.165) is 39.3 Å². The predicted molar refractivity (Wildman–Crippen MR) is 107 cm³/mol. The van der Waals surface area contributed by atoms with Gasteiger partial charge in [-0.15, -0.1) is 0 Å². The third kappa shape index (κ3) is 2.85. The van der Waals surface area contributed by atoms with Gasteiger partial charge in [-0.25, -0.2) is 4.52 Å². The Morgan fingerprint density at radius 1 is 0.923 bits per heavy atom. The lowest BCUT2D eigenvalue weighted by Crippen LogP contribution is -1.95. The standard InChI is InChI=1S/C22H19ClN2O/c1-14-7-9-16(10-8-14)22-15(2)24-25-20(12-18(23)13-21(22)25)17-5-4-6-19(11-17)26-3/h4-13H,1-3H3. The Balaban J connectivity index is 1.99. The zero-order valence-corrected chi connectivity index (χ0v) is 15.7. The maximum atomic E-state index is 6.47. The minimum Gasteiger partial charge on any atom is -0.497 e. The van der Waals surface area contributed by atoms with E-state index in [2.05, 4.69) is 31.2 Å². The predicted octanol–water partition coefficient (Wildman–Crippen LogP) is 5.95. The molecule has 0 amide bonds. The van der Waals surface area contributed by atoms with Crippen LogP contribution >= 0.6 is 11.6 Å². The topological polar surface area (TPSA) is 26.5 Å². The fourth-order valence-corrected chi connectivity index (χ4v) is 3.50. The van der Waals surface area contributed by atoms with Crippen LogP contribution in [-0.4, -0.2) is 16.7 Å². The van der Waals surface area contributed by atoms with Gasteiger partial charge in [0.15, 0.2) is 0 Å².